The van der Waals surface area contributed by atoms with Crippen molar-refractivity contribution in [3.8, 4) is 22.6 Å². The monoisotopic (exact) mass is 469 g/mol. The van der Waals surface area contributed by atoms with Crippen LogP contribution >= 0.6 is 0 Å². The van der Waals surface area contributed by atoms with E-state index in [1.165, 1.54) is 5.69 Å². The molecule has 0 N–H and O–H groups in total. The molecule has 0 amide bonds. The lowest BCUT2D eigenvalue weighted by Gasteiger charge is -2.24. The Morgan fingerprint density at radius 3 is 2.00 bits per heavy atom. The zero-order valence-corrected chi connectivity index (χ0v) is 21.0. The fourth-order valence-corrected chi connectivity index (χ4v) is 4.49. The SMILES string of the molecule is CCCCN(Cc1ccc(F)cc1)Cc1c(-c2ccccc2)nc(-c2ccccc2)n1CCCC. The molecule has 0 saturated heterocycles. The van der Waals surface area contributed by atoms with Crippen molar-refractivity contribution in [3.63, 3.8) is 0 Å². The smallest absolute Gasteiger partial charge is 0.140 e. The molecular formula is C31H36FN3. The zero-order valence-electron chi connectivity index (χ0n) is 21.0. The summed E-state index contributed by atoms with van der Waals surface area (Å²) in [5.41, 5.74) is 5.73. The van der Waals surface area contributed by atoms with Crippen molar-refractivity contribution in [3.05, 3.63) is 102 Å². The first-order valence-electron chi connectivity index (χ1n) is 12.9. The summed E-state index contributed by atoms with van der Waals surface area (Å²) < 4.78 is 16.0. The van der Waals surface area contributed by atoms with E-state index in [4.69, 9.17) is 4.98 Å². The lowest BCUT2D eigenvalue weighted by Crippen LogP contribution is -2.26. The first-order valence-corrected chi connectivity index (χ1v) is 12.9. The van der Waals surface area contributed by atoms with Gasteiger partial charge in [0.05, 0.1) is 11.4 Å². The Hall–Kier alpha value is -3.24. The molecule has 0 spiro atoms. The third-order valence-electron chi connectivity index (χ3n) is 6.41. The third-order valence-corrected chi connectivity index (χ3v) is 6.41. The maximum Gasteiger partial charge on any atom is 0.140 e. The number of nitrogens with zero attached hydrogens (tertiary/aromatic N) is 3. The van der Waals surface area contributed by atoms with Gasteiger partial charge in [0.25, 0.3) is 0 Å². The number of benzene rings is 3. The van der Waals surface area contributed by atoms with Crippen LogP contribution in [0.2, 0.25) is 0 Å². The van der Waals surface area contributed by atoms with Gasteiger partial charge in [0.1, 0.15) is 11.6 Å². The van der Waals surface area contributed by atoms with Gasteiger partial charge in [-0.2, -0.15) is 0 Å². The molecule has 35 heavy (non-hydrogen) atoms. The van der Waals surface area contributed by atoms with Crippen molar-refractivity contribution in [2.75, 3.05) is 6.54 Å². The first-order chi connectivity index (χ1) is 17.2. The van der Waals surface area contributed by atoms with Crippen molar-refractivity contribution in [1.82, 2.24) is 14.5 Å². The molecule has 182 valence electrons. The van der Waals surface area contributed by atoms with Crippen molar-refractivity contribution in [1.29, 1.82) is 0 Å². The Kier molecular flexibility index (Phi) is 8.85. The maximum atomic E-state index is 13.5. The lowest BCUT2D eigenvalue weighted by atomic mass is 10.1. The summed E-state index contributed by atoms with van der Waals surface area (Å²) in [5, 5.41) is 0. The zero-order chi connectivity index (χ0) is 24.5. The standard InChI is InChI=1S/C31H36FN3/c1-3-5-21-34(23-25-17-19-28(32)20-18-25)24-29-30(26-13-9-7-10-14-26)33-31(35(29)22-6-4-2)27-15-11-8-12-16-27/h7-20H,3-6,21-24H2,1-2H3. The molecule has 0 bridgehead atoms. The number of hydrogen-bond acceptors (Lipinski definition) is 2. The summed E-state index contributed by atoms with van der Waals surface area (Å²) in [5.74, 6) is 0.843. The van der Waals surface area contributed by atoms with E-state index in [2.05, 4.69) is 84.0 Å². The van der Waals surface area contributed by atoms with E-state index in [0.717, 1.165) is 80.1 Å². The molecule has 3 aromatic carbocycles. The molecule has 1 aromatic heterocycles. The van der Waals surface area contributed by atoms with Crippen LogP contribution in [0.4, 0.5) is 4.39 Å². The van der Waals surface area contributed by atoms with Crippen LogP contribution in [0.25, 0.3) is 22.6 Å². The average Bonchev–Trinajstić information content (AvgIpc) is 3.26. The van der Waals surface area contributed by atoms with Gasteiger partial charge in [-0.15, -0.1) is 0 Å². The number of aromatic nitrogens is 2. The molecule has 1 heterocycles. The van der Waals surface area contributed by atoms with Crippen LogP contribution in [0, 0.1) is 5.82 Å². The van der Waals surface area contributed by atoms with Gasteiger partial charge in [0, 0.05) is 30.8 Å². The Bertz CT molecular complexity index is 1170. The van der Waals surface area contributed by atoms with Gasteiger partial charge >= 0.3 is 0 Å². The van der Waals surface area contributed by atoms with Gasteiger partial charge in [-0.1, -0.05) is 99.5 Å². The Morgan fingerprint density at radius 1 is 0.743 bits per heavy atom. The van der Waals surface area contributed by atoms with Gasteiger partial charge in [-0.05, 0) is 37.1 Å². The van der Waals surface area contributed by atoms with Crippen LogP contribution in [0.15, 0.2) is 84.9 Å². The van der Waals surface area contributed by atoms with Gasteiger partial charge < -0.3 is 4.57 Å². The minimum Gasteiger partial charge on any atom is -0.326 e. The quantitative estimate of drug-likeness (QED) is 0.210. The summed E-state index contributed by atoms with van der Waals surface area (Å²) in [4.78, 5) is 7.73. The van der Waals surface area contributed by atoms with Crippen LogP contribution in [0.1, 0.15) is 50.8 Å². The molecule has 0 aliphatic rings. The molecular weight excluding hydrogens is 433 g/mol. The number of hydrogen-bond donors (Lipinski definition) is 0. The second kappa shape index (κ2) is 12.5. The van der Waals surface area contributed by atoms with Crippen molar-refractivity contribution in [2.24, 2.45) is 0 Å². The largest absolute Gasteiger partial charge is 0.326 e. The minimum atomic E-state index is -0.189. The highest BCUT2D eigenvalue weighted by Gasteiger charge is 2.21. The maximum absolute atomic E-state index is 13.5. The predicted octanol–water partition coefficient (Wildman–Crippen LogP) is 7.96. The van der Waals surface area contributed by atoms with Crippen molar-refractivity contribution >= 4 is 0 Å². The van der Waals surface area contributed by atoms with E-state index in [1.54, 1.807) is 12.1 Å². The Labute approximate surface area is 209 Å². The highest BCUT2D eigenvalue weighted by molar-refractivity contribution is 5.68. The van der Waals surface area contributed by atoms with Crippen LogP contribution < -0.4 is 0 Å². The van der Waals surface area contributed by atoms with Gasteiger partial charge in [-0.25, -0.2) is 9.37 Å². The van der Waals surface area contributed by atoms with E-state index in [9.17, 15) is 4.39 Å². The van der Waals surface area contributed by atoms with E-state index < -0.39 is 0 Å². The Balaban J connectivity index is 1.78. The number of halogens is 1. The van der Waals surface area contributed by atoms with E-state index in [-0.39, 0.29) is 5.82 Å². The average molecular weight is 470 g/mol. The predicted molar refractivity (Wildman–Crippen MR) is 143 cm³/mol. The molecule has 0 saturated carbocycles. The first kappa shape index (κ1) is 24.9. The topological polar surface area (TPSA) is 21.1 Å². The lowest BCUT2D eigenvalue weighted by molar-refractivity contribution is 0.246. The van der Waals surface area contributed by atoms with Crippen LogP contribution in [-0.2, 0) is 19.6 Å². The van der Waals surface area contributed by atoms with Crippen LogP contribution in [-0.4, -0.2) is 21.0 Å². The summed E-state index contributed by atoms with van der Waals surface area (Å²) in [6, 6.07) is 28.0. The van der Waals surface area contributed by atoms with Gasteiger partial charge in [0.15, 0.2) is 0 Å². The van der Waals surface area contributed by atoms with Crippen molar-refractivity contribution in [2.45, 2.75) is 59.2 Å². The molecule has 4 aromatic rings. The molecule has 0 unspecified atom stereocenters. The van der Waals surface area contributed by atoms with Crippen molar-refractivity contribution < 1.29 is 4.39 Å². The number of imidazole rings is 1. The molecule has 0 aliphatic heterocycles. The molecule has 0 radical (unpaired) electrons. The molecule has 4 heteroatoms. The van der Waals surface area contributed by atoms with Gasteiger partial charge in [-0.3, -0.25) is 4.90 Å². The summed E-state index contributed by atoms with van der Waals surface area (Å²) in [7, 11) is 0. The molecule has 4 rings (SSSR count). The molecule has 0 fully saturated rings. The molecule has 3 nitrogen and oxygen atoms in total. The second-order valence-corrected chi connectivity index (χ2v) is 9.16. The summed E-state index contributed by atoms with van der Waals surface area (Å²) in [6.45, 7) is 7.97. The highest BCUT2D eigenvalue weighted by Crippen LogP contribution is 2.31. The molecule has 0 aliphatic carbocycles. The number of rotatable bonds is 12. The normalized spacial score (nSPS) is 11.3. The van der Waals surface area contributed by atoms with E-state index in [0.29, 0.717) is 0 Å². The van der Waals surface area contributed by atoms with Crippen LogP contribution in [0.3, 0.4) is 0 Å². The summed E-state index contributed by atoms with van der Waals surface area (Å²) >= 11 is 0. The Morgan fingerprint density at radius 2 is 1.37 bits per heavy atom. The summed E-state index contributed by atoms with van der Waals surface area (Å²) in [6.07, 6.45) is 4.48. The second-order valence-electron chi connectivity index (χ2n) is 9.16. The third kappa shape index (κ3) is 6.46. The van der Waals surface area contributed by atoms with E-state index >= 15 is 0 Å². The van der Waals surface area contributed by atoms with E-state index in [1.807, 2.05) is 12.1 Å². The molecule has 0 atom stereocenters. The fraction of sp³-hybridized carbons (Fsp3) is 0.323. The highest BCUT2D eigenvalue weighted by atomic mass is 19.1. The minimum absolute atomic E-state index is 0.189. The fourth-order valence-electron chi connectivity index (χ4n) is 4.49. The van der Waals surface area contributed by atoms with Crippen LogP contribution in [0.5, 0.6) is 0 Å². The van der Waals surface area contributed by atoms with Gasteiger partial charge in [0.2, 0.25) is 0 Å². The number of unbranched alkanes of at least 4 members (excludes halogenated alkanes) is 2.